The van der Waals surface area contributed by atoms with Gasteiger partial charge in [-0.25, -0.2) is 18.4 Å². The second-order valence-corrected chi connectivity index (χ2v) is 19.4. The Bertz CT molecular complexity index is 2560. The minimum absolute atomic E-state index is 0. The van der Waals surface area contributed by atoms with Gasteiger partial charge in [0.1, 0.15) is 24.9 Å². The van der Waals surface area contributed by atoms with Crippen LogP contribution in [0.5, 0.6) is 0 Å². The summed E-state index contributed by atoms with van der Waals surface area (Å²) < 4.78 is 50.0. The third kappa shape index (κ3) is 24.4. The van der Waals surface area contributed by atoms with Crippen molar-refractivity contribution in [2.45, 2.75) is 84.2 Å². The van der Waals surface area contributed by atoms with Crippen molar-refractivity contribution in [1.82, 2.24) is 30.7 Å². The molecule has 0 bridgehead atoms. The van der Waals surface area contributed by atoms with Crippen molar-refractivity contribution in [3.8, 4) is 34.0 Å². The van der Waals surface area contributed by atoms with E-state index >= 15 is 0 Å². The van der Waals surface area contributed by atoms with Crippen molar-refractivity contribution in [2.75, 3.05) is 71.3 Å². The molecule has 2 heterocycles. The van der Waals surface area contributed by atoms with Crippen molar-refractivity contribution in [3.05, 3.63) is 96.2 Å². The number of benzene rings is 3. The summed E-state index contributed by atoms with van der Waals surface area (Å²) in [6.07, 6.45) is 3.48. The number of anilines is 2. The summed E-state index contributed by atoms with van der Waals surface area (Å²) in [4.78, 5) is 65.0. The van der Waals surface area contributed by atoms with E-state index in [1.165, 1.54) is 12.0 Å². The number of nitrogens with one attached hydrogen (secondary N) is 3. The van der Waals surface area contributed by atoms with Crippen LogP contribution in [-0.2, 0) is 65.9 Å². The van der Waals surface area contributed by atoms with E-state index in [1.807, 2.05) is 53.9 Å². The molecule has 0 spiro atoms. The number of nitrogen functional groups attached to an aromatic ring is 1. The monoisotopic (exact) mass is 1300 g/mol. The third-order valence-electron chi connectivity index (χ3n) is 9.73. The standard InChI is InChI=1S/C25H27N5O3S.C16H22N2O4.C9H17N2O5.C2H6.Fm/c1-16(2)34(31,32)20-11-9-19(10-12-20)22-14-27-25(26)24(28-22)23-13-21(29-33-23)18-7-5-17(6-8-18)15-30(3)4;1-11(2)8-15(20)17-12(3)16(21)18-14-6-4-13(5-7-14)9-22-10-19;10-9(13)7-16-6-5-15-4-3-14-2-1-11-8-12;1-2;/h5-14,16H,15H2,1-4H3,(H2,26,27);4-7,10-12H,8-9H2,1-3H3,(H,17,20)(H,18,21);1-7H2,(H2,10,13)(H,11,12);1-2H3;/q;;-1;;. The van der Waals surface area contributed by atoms with Gasteiger partial charge in [-0.15, -0.1) is 0 Å². The van der Waals surface area contributed by atoms with E-state index in [9.17, 15) is 32.4 Å². The maximum Gasteiger partial charge on any atom is 0.293 e. The molecule has 0 radical (unpaired) electrons. The predicted octanol–water partition coefficient (Wildman–Crippen LogP) is 5.34. The molecule has 1 atom stereocenters. The van der Waals surface area contributed by atoms with Crippen molar-refractivity contribution >= 4 is 51.9 Å². The first kappa shape index (κ1) is 64.9. The molecule has 2 aromatic heterocycles. The number of carbonyl (C=O) groups is 4. The zero-order valence-corrected chi connectivity index (χ0v) is 47.2. The molecule has 23 heteroatoms. The maximum absolute atomic E-state index is 12.4. The second kappa shape index (κ2) is 35.1. The van der Waals surface area contributed by atoms with Crippen LogP contribution < -0.4 is 27.4 Å². The second-order valence-electron chi connectivity index (χ2n) is 16.9. The maximum atomic E-state index is 12.4. The Morgan fingerprint density at radius 2 is 1.40 bits per heavy atom. The smallest absolute Gasteiger partial charge is 0.293 e. The number of aromatic nitrogens is 3. The van der Waals surface area contributed by atoms with Gasteiger partial charge in [0.05, 0.1) is 55.1 Å². The number of hydrogen-bond donors (Lipinski definition) is 5. The molecule has 75 heavy (non-hydrogen) atoms. The summed E-state index contributed by atoms with van der Waals surface area (Å²) >= 11 is 0. The van der Waals surface area contributed by atoms with E-state index in [2.05, 4.69) is 52.8 Å². The van der Waals surface area contributed by atoms with E-state index in [1.54, 1.807) is 81.6 Å². The average Bonchev–Trinajstić information content (AvgIpc) is 3.86. The average molecular weight is 1300 g/mol. The summed E-state index contributed by atoms with van der Waals surface area (Å²) in [7, 11) is 0.706. The van der Waals surface area contributed by atoms with Gasteiger partial charge in [-0.1, -0.05) is 81.4 Å². The van der Waals surface area contributed by atoms with Gasteiger partial charge in [0, 0.05) is 42.4 Å². The molecule has 5 aromatic rings. The Morgan fingerprint density at radius 1 is 0.827 bits per heavy atom. The number of sulfone groups is 1. The number of ether oxygens (including phenoxy) is 4. The molecular weight excluding hydrogens is 1230 g/mol. The van der Waals surface area contributed by atoms with Crippen LogP contribution in [0.3, 0.4) is 0 Å². The Hall–Kier alpha value is -8.11. The number of hydrogen-bond acceptors (Lipinski definition) is 17. The van der Waals surface area contributed by atoms with Crippen LogP contribution in [0.4, 0.5) is 11.5 Å². The topological polar surface area (TPSA) is 300 Å². The van der Waals surface area contributed by atoms with Gasteiger partial charge in [0.25, 0.3) is 6.47 Å². The molecule has 5 rings (SSSR count). The van der Waals surface area contributed by atoms with Crippen LogP contribution >= 0.6 is 0 Å². The van der Waals surface area contributed by atoms with Crippen molar-refractivity contribution in [1.29, 1.82) is 0 Å². The zero-order chi connectivity index (χ0) is 55.1. The molecule has 0 aliphatic heterocycles. The van der Waals surface area contributed by atoms with Gasteiger partial charge in [-0.3, -0.25) is 19.2 Å². The van der Waals surface area contributed by atoms with E-state index < -0.39 is 27.0 Å². The predicted molar refractivity (Wildman–Crippen MR) is 282 cm³/mol. The normalized spacial score (nSPS) is 11.0. The molecule has 0 fully saturated rings. The minimum Gasteiger partial charge on any atom is -0.528 e. The van der Waals surface area contributed by atoms with E-state index in [-0.39, 0.29) is 41.7 Å². The molecule has 0 saturated heterocycles. The molecule has 7 N–H and O–H groups in total. The Kier molecular flexibility index (Phi) is 30.4. The van der Waals surface area contributed by atoms with Crippen LogP contribution in [0.1, 0.15) is 66.0 Å². The molecule has 3 aromatic carbocycles. The van der Waals surface area contributed by atoms with Crippen molar-refractivity contribution < 1.29 is 55.9 Å². The van der Waals surface area contributed by atoms with Crippen molar-refractivity contribution in [3.63, 3.8) is 0 Å². The summed E-state index contributed by atoms with van der Waals surface area (Å²) in [6.45, 7) is 16.6. The zero-order valence-electron chi connectivity index (χ0n) is 44.0. The van der Waals surface area contributed by atoms with Crippen molar-refractivity contribution in [2.24, 2.45) is 11.7 Å². The first-order valence-electron chi connectivity index (χ1n) is 23.9. The van der Waals surface area contributed by atoms with Crippen LogP contribution in [0.15, 0.2) is 94.5 Å². The Morgan fingerprint density at radius 3 is 1.96 bits per heavy atom. The van der Waals surface area contributed by atoms with Gasteiger partial charge in [0.15, 0.2) is 27.1 Å². The Labute approximate surface area is 434 Å². The molecule has 1 unspecified atom stereocenters. The summed E-state index contributed by atoms with van der Waals surface area (Å²) in [5.74, 6) is -0.0581. The number of primary amides is 1. The summed E-state index contributed by atoms with van der Waals surface area (Å²) in [6, 6.07) is 22.8. The largest absolute Gasteiger partial charge is 0.528 e. The number of rotatable bonds is 27. The van der Waals surface area contributed by atoms with Gasteiger partial charge < -0.3 is 60.6 Å². The van der Waals surface area contributed by atoms with Crippen LogP contribution in [0.25, 0.3) is 34.0 Å². The minimum atomic E-state index is -3.35. The van der Waals surface area contributed by atoms with Gasteiger partial charge in [-0.2, -0.15) is 6.41 Å². The fourth-order valence-corrected chi connectivity index (χ4v) is 7.12. The summed E-state index contributed by atoms with van der Waals surface area (Å²) in [5, 5.41) is 11.4. The fraction of sp³-hybridized carbons (Fsp3) is 0.423. The van der Waals surface area contributed by atoms with E-state index in [0.717, 1.165) is 17.7 Å². The number of nitrogens with two attached hydrogens (primary N) is 2. The van der Waals surface area contributed by atoms with Gasteiger partial charge in [-0.05, 0) is 76.2 Å². The molecule has 4 amide bonds. The van der Waals surface area contributed by atoms with Gasteiger partial charge >= 0.3 is 0 Å². The number of amides is 4. The molecule has 0 aliphatic rings. The van der Waals surface area contributed by atoms with Crippen LogP contribution in [0, 0.1) is 5.92 Å². The molecule has 416 valence electrons. The Balaban J connectivity index is 0.000000595. The van der Waals surface area contributed by atoms with Crippen LogP contribution in [-0.4, -0.2) is 131 Å². The molecule has 0 aliphatic carbocycles. The fourth-order valence-electron chi connectivity index (χ4n) is 6.06. The number of carbonyl (C=O) groups excluding carboxylic acids is 5. The molecule has 0 saturated carbocycles. The van der Waals surface area contributed by atoms with E-state index in [4.69, 9.17) is 30.2 Å². The first-order valence-corrected chi connectivity index (χ1v) is 25.4. The molecule has 21 nitrogen and oxygen atoms in total. The number of nitrogens with zero attached hydrogens (tertiary/aromatic N) is 4. The molecular formula is C52H72FmN9O12S-. The SMILES string of the molecule is CC.CC(C)CC(=O)NC(C)C(=O)Nc1ccc(COC=O)cc1.CC(C)S(=O)(=O)c1ccc(-c2cnc(N)c(-c3cc(-c4ccc(CN(C)C)cc4)no3)n2)cc1.NC(=O)COCCOCCOCCN[C-]=O.[Fm]. The van der Waals surface area contributed by atoms with E-state index in [0.29, 0.717) is 86.6 Å². The summed E-state index contributed by atoms with van der Waals surface area (Å²) in [5.41, 5.74) is 16.8. The first-order chi connectivity index (χ1) is 35.3. The van der Waals surface area contributed by atoms with Gasteiger partial charge in [0.2, 0.25) is 17.7 Å². The quantitative estimate of drug-likeness (QED) is 0.0192. The third-order valence-corrected chi connectivity index (χ3v) is 11.9. The van der Waals surface area contributed by atoms with Crippen LogP contribution in [0.2, 0.25) is 0 Å².